The molecule has 8 nitrogen and oxygen atoms in total. The van der Waals surface area contributed by atoms with Crippen molar-refractivity contribution < 1.29 is 18.1 Å². The van der Waals surface area contributed by atoms with E-state index in [1.54, 1.807) is 0 Å². The van der Waals surface area contributed by atoms with Gasteiger partial charge in [0, 0.05) is 25.3 Å². The molecule has 1 fully saturated rings. The molecule has 24 heavy (non-hydrogen) atoms. The zero-order valence-corrected chi connectivity index (χ0v) is 14.6. The summed E-state index contributed by atoms with van der Waals surface area (Å²) in [4.78, 5) is 10.7. The number of benzene rings is 1. The van der Waals surface area contributed by atoms with E-state index in [4.69, 9.17) is 4.74 Å². The van der Waals surface area contributed by atoms with Crippen LogP contribution in [0.4, 0.5) is 11.4 Å². The summed E-state index contributed by atoms with van der Waals surface area (Å²) in [6.07, 6.45) is 2.63. The van der Waals surface area contributed by atoms with Gasteiger partial charge in [0.2, 0.25) is 10.0 Å². The minimum absolute atomic E-state index is 0.0827. The van der Waals surface area contributed by atoms with E-state index in [0.29, 0.717) is 24.8 Å². The molecule has 1 saturated heterocycles. The lowest BCUT2D eigenvalue weighted by Gasteiger charge is -2.30. The summed E-state index contributed by atoms with van der Waals surface area (Å²) in [7, 11) is -2.45. The molecule has 1 atom stereocenters. The highest BCUT2D eigenvalue weighted by molar-refractivity contribution is 7.89. The number of nitro groups is 1. The molecule has 0 amide bonds. The van der Waals surface area contributed by atoms with Crippen LogP contribution in [-0.2, 0) is 14.8 Å². The number of nitro benzene ring substituents is 1. The van der Waals surface area contributed by atoms with E-state index in [1.807, 2.05) is 6.92 Å². The Morgan fingerprint density at radius 1 is 1.38 bits per heavy atom. The van der Waals surface area contributed by atoms with Gasteiger partial charge in [-0.1, -0.05) is 6.92 Å². The van der Waals surface area contributed by atoms with Crippen LogP contribution in [-0.4, -0.2) is 39.6 Å². The first-order valence-corrected chi connectivity index (χ1v) is 9.43. The number of ether oxygens (including phenoxy) is 1. The van der Waals surface area contributed by atoms with Crippen LogP contribution in [0.3, 0.4) is 0 Å². The average Bonchev–Trinajstić information content (AvgIpc) is 2.60. The van der Waals surface area contributed by atoms with Gasteiger partial charge in [-0.25, -0.2) is 13.1 Å². The van der Waals surface area contributed by atoms with E-state index in [1.165, 1.54) is 19.2 Å². The van der Waals surface area contributed by atoms with E-state index in [0.717, 1.165) is 25.3 Å². The summed E-state index contributed by atoms with van der Waals surface area (Å²) in [5.41, 5.74) is 0.102. The van der Waals surface area contributed by atoms with Gasteiger partial charge in [-0.15, -0.1) is 0 Å². The fourth-order valence-electron chi connectivity index (χ4n) is 2.94. The molecule has 1 unspecified atom stereocenters. The Hall–Kier alpha value is -1.71. The molecule has 0 spiro atoms. The van der Waals surface area contributed by atoms with Gasteiger partial charge in [0.15, 0.2) is 0 Å². The Balaban J connectivity index is 2.30. The van der Waals surface area contributed by atoms with Gasteiger partial charge >= 0.3 is 0 Å². The summed E-state index contributed by atoms with van der Waals surface area (Å²) in [5, 5.41) is 14.6. The van der Waals surface area contributed by atoms with Crippen LogP contribution >= 0.6 is 0 Å². The summed E-state index contributed by atoms with van der Waals surface area (Å²) in [6.45, 7) is 3.42. The Kier molecular flexibility index (Phi) is 6.14. The Morgan fingerprint density at radius 2 is 2.04 bits per heavy atom. The van der Waals surface area contributed by atoms with Gasteiger partial charge < -0.3 is 10.1 Å². The molecule has 1 aromatic carbocycles. The lowest BCUT2D eigenvalue weighted by molar-refractivity contribution is -0.384. The van der Waals surface area contributed by atoms with Gasteiger partial charge in [0.1, 0.15) is 5.69 Å². The van der Waals surface area contributed by atoms with Crippen molar-refractivity contribution in [3.8, 4) is 0 Å². The number of hydrogen-bond donors (Lipinski definition) is 2. The SMILES string of the molecule is CCC(Nc1ccc(S(=O)(=O)NC)cc1[N+](=O)[O-])C1CCOCC1. The average molecular weight is 357 g/mol. The van der Waals surface area contributed by atoms with Crippen LogP contribution in [0, 0.1) is 16.0 Å². The first-order valence-electron chi connectivity index (χ1n) is 7.95. The van der Waals surface area contributed by atoms with Crippen LogP contribution in [0.5, 0.6) is 0 Å². The topological polar surface area (TPSA) is 111 Å². The largest absolute Gasteiger partial charge is 0.381 e. The van der Waals surface area contributed by atoms with Crippen LogP contribution in [0.25, 0.3) is 0 Å². The molecule has 1 aliphatic heterocycles. The van der Waals surface area contributed by atoms with Gasteiger partial charge in [-0.2, -0.15) is 0 Å². The third kappa shape index (κ3) is 4.22. The van der Waals surface area contributed by atoms with Crippen molar-refractivity contribution in [2.24, 2.45) is 5.92 Å². The monoisotopic (exact) mass is 357 g/mol. The maximum absolute atomic E-state index is 11.8. The van der Waals surface area contributed by atoms with Crippen molar-refractivity contribution in [3.05, 3.63) is 28.3 Å². The highest BCUT2D eigenvalue weighted by Crippen LogP contribution is 2.31. The number of hydrogen-bond acceptors (Lipinski definition) is 6. The van der Waals surface area contributed by atoms with Crippen molar-refractivity contribution in [1.82, 2.24) is 4.72 Å². The molecule has 0 bridgehead atoms. The molecular formula is C15H23N3O5S. The molecule has 0 saturated carbocycles. The Bertz CT molecular complexity index is 686. The fourth-order valence-corrected chi connectivity index (χ4v) is 3.69. The molecule has 0 radical (unpaired) electrons. The predicted octanol–water partition coefficient (Wildman–Crippen LogP) is 2.12. The minimum atomic E-state index is -3.72. The molecule has 1 aromatic rings. The second kappa shape index (κ2) is 7.91. The lowest BCUT2D eigenvalue weighted by atomic mass is 9.90. The third-order valence-electron chi connectivity index (χ3n) is 4.36. The normalized spacial score (nSPS) is 17.4. The fraction of sp³-hybridized carbons (Fsp3) is 0.600. The first kappa shape index (κ1) is 18.6. The van der Waals surface area contributed by atoms with E-state index in [2.05, 4.69) is 10.0 Å². The van der Waals surface area contributed by atoms with Gasteiger partial charge in [0.25, 0.3) is 5.69 Å². The molecule has 2 rings (SSSR count). The predicted molar refractivity (Wildman–Crippen MR) is 90.6 cm³/mol. The molecule has 134 valence electrons. The lowest BCUT2D eigenvalue weighted by Crippen LogP contribution is -2.33. The zero-order chi connectivity index (χ0) is 17.7. The van der Waals surface area contributed by atoms with Crippen LogP contribution in [0.2, 0.25) is 0 Å². The van der Waals surface area contributed by atoms with Gasteiger partial charge in [-0.05, 0) is 44.4 Å². The number of nitrogens with one attached hydrogen (secondary N) is 2. The van der Waals surface area contributed by atoms with Crippen LogP contribution < -0.4 is 10.0 Å². The van der Waals surface area contributed by atoms with E-state index >= 15 is 0 Å². The Labute approximate surface area is 141 Å². The molecular weight excluding hydrogens is 334 g/mol. The molecule has 0 aromatic heterocycles. The van der Waals surface area contributed by atoms with Crippen molar-refractivity contribution >= 4 is 21.4 Å². The van der Waals surface area contributed by atoms with Crippen LogP contribution in [0.15, 0.2) is 23.1 Å². The van der Waals surface area contributed by atoms with Crippen molar-refractivity contribution in [3.63, 3.8) is 0 Å². The summed E-state index contributed by atoms with van der Waals surface area (Å²) >= 11 is 0. The molecule has 2 N–H and O–H groups in total. The number of sulfonamides is 1. The minimum Gasteiger partial charge on any atom is -0.381 e. The molecule has 0 aliphatic carbocycles. The first-order chi connectivity index (χ1) is 11.4. The Morgan fingerprint density at radius 3 is 2.58 bits per heavy atom. The number of rotatable bonds is 7. The summed E-state index contributed by atoms with van der Waals surface area (Å²) in [6, 6.07) is 4.01. The van der Waals surface area contributed by atoms with E-state index in [-0.39, 0.29) is 16.6 Å². The standard InChI is InChI=1S/C15H23N3O5S/c1-3-13(11-6-8-23-9-7-11)17-14-5-4-12(24(21,22)16-2)10-15(14)18(19)20/h4-5,10-11,13,16-17H,3,6-9H2,1-2H3. The quantitative estimate of drug-likeness (QED) is 0.571. The molecule has 1 heterocycles. The summed E-state index contributed by atoms with van der Waals surface area (Å²) < 4.78 is 31.2. The van der Waals surface area contributed by atoms with Gasteiger partial charge in [0.05, 0.1) is 9.82 Å². The van der Waals surface area contributed by atoms with Crippen molar-refractivity contribution in [2.75, 3.05) is 25.6 Å². The van der Waals surface area contributed by atoms with Crippen LogP contribution in [0.1, 0.15) is 26.2 Å². The number of nitrogens with zero attached hydrogens (tertiary/aromatic N) is 1. The highest BCUT2D eigenvalue weighted by Gasteiger charge is 2.26. The maximum Gasteiger partial charge on any atom is 0.293 e. The molecule has 1 aliphatic rings. The van der Waals surface area contributed by atoms with Crippen molar-refractivity contribution in [2.45, 2.75) is 37.1 Å². The zero-order valence-electron chi connectivity index (χ0n) is 13.8. The van der Waals surface area contributed by atoms with E-state index < -0.39 is 14.9 Å². The summed E-state index contributed by atoms with van der Waals surface area (Å²) in [5.74, 6) is 0.379. The second-order valence-corrected chi connectivity index (χ2v) is 7.64. The third-order valence-corrected chi connectivity index (χ3v) is 5.77. The second-order valence-electron chi connectivity index (χ2n) is 5.75. The van der Waals surface area contributed by atoms with Crippen molar-refractivity contribution in [1.29, 1.82) is 0 Å². The number of anilines is 1. The maximum atomic E-state index is 11.8. The van der Waals surface area contributed by atoms with E-state index in [9.17, 15) is 18.5 Å². The smallest absolute Gasteiger partial charge is 0.293 e. The van der Waals surface area contributed by atoms with Gasteiger partial charge in [-0.3, -0.25) is 10.1 Å². The molecule has 9 heteroatoms. The highest BCUT2D eigenvalue weighted by atomic mass is 32.2.